The van der Waals surface area contributed by atoms with Crippen LogP contribution in [0.3, 0.4) is 0 Å². The lowest BCUT2D eigenvalue weighted by Gasteiger charge is -2.25. The maximum absolute atomic E-state index is 13.4. The Morgan fingerprint density at radius 3 is 2.22 bits per heavy atom. The molecule has 166 valence electrons. The van der Waals surface area contributed by atoms with E-state index in [4.69, 9.17) is 0 Å². The van der Waals surface area contributed by atoms with E-state index in [0.29, 0.717) is 11.4 Å². The minimum atomic E-state index is -3.96. The second kappa shape index (κ2) is 10.3. The van der Waals surface area contributed by atoms with E-state index in [9.17, 15) is 13.2 Å². The average molecular weight is 561 g/mol. The van der Waals surface area contributed by atoms with Crippen LogP contribution in [0.15, 0.2) is 82.8 Å². The fourth-order valence-corrected chi connectivity index (χ4v) is 4.89. The molecular weight excluding hydrogens is 537 g/mol. The number of hydrogen-bond acceptors (Lipinski definition) is 4. The van der Waals surface area contributed by atoms with Crippen molar-refractivity contribution in [1.82, 2.24) is 5.43 Å². The van der Waals surface area contributed by atoms with Gasteiger partial charge in [-0.1, -0.05) is 48.0 Å². The first-order valence-electron chi connectivity index (χ1n) is 9.92. The SMILES string of the molecule is C/C(=N\NC(=O)CN(c1ccccc1C)S(=O)(=O)c1ccc(C)cc1)c1ccc(I)cc1. The van der Waals surface area contributed by atoms with Crippen LogP contribution in [-0.2, 0) is 14.8 Å². The summed E-state index contributed by atoms with van der Waals surface area (Å²) in [5.74, 6) is -0.534. The number of sulfonamides is 1. The van der Waals surface area contributed by atoms with Crippen molar-refractivity contribution in [2.45, 2.75) is 25.7 Å². The summed E-state index contributed by atoms with van der Waals surface area (Å²) in [6.45, 7) is 5.08. The zero-order chi connectivity index (χ0) is 23.3. The van der Waals surface area contributed by atoms with Crippen LogP contribution in [0.5, 0.6) is 0 Å². The normalized spacial score (nSPS) is 11.8. The molecule has 0 saturated carbocycles. The summed E-state index contributed by atoms with van der Waals surface area (Å²) >= 11 is 2.21. The fourth-order valence-electron chi connectivity index (χ4n) is 3.05. The van der Waals surface area contributed by atoms with Crippen molar-refractivity contribution in [3.8, 4) is 0 Å². The number of hydrazone groups is 1. The predicted molar refractivity (Wildman–Crippen MR) is 136 cm³/mol. The first-order valence-corrected chi connectivity index (χ1v) is 12.4. The van der Waals surface area contributed by atoms with E-state index in [-0.39, 0.29) is 4.90 Å². The largest absolute Gasteiger partial charge is 0.271 e. The van der Waals surface area contributed by atoms with E-state index >= 15 is 0 Å². The minimum Gasteiger partial charge on any atom is -0.271 e. The number of carbonyl (C=O) groups is 1. The van der Waals surface area contributed by atoms with Gasteiger partial charge in [0.25, 0.3) is 15.9 Å². The van der Waals surface area contributed by atoms with Gasteiger partial charge >= 0.3 is 0 Å². The van der Waals surface area contributed by atoms with Gasteiger partial charge in [-0.25, -0.2) is 13.8 Å². The molecule has 0 aliphatic rings. The quantitative estimate of drug-likeness (QED) is 0.259. The predicted octanol–water partition coefficient (Wildman–Crippen LogP) is 4.64. The number of para-hydroxylation sites is 1. The average Bonchev–Trinajstić information content (AvgIpc) is 2.77. The number of amides is 1. The summed E-state index contributed by atoms with van der Waals surface area (Å²) in [5.41, 5.74) is 6.12. The molecule has 0 saturated heterocycles. The maximum Gasteiger partial charge on any atom is 0.264 e. The summed E-state index contributed by atoms with van der Waals surface area (Å²) in [6, 6.07) is 21.4. The van der Waals surface area contributed by atoms with E-state index in [2.05, 4.69) is 33.1 Å². The van der Waals surface area contributed by atoms with Crippen molar-refractivity contribution >= 4 is 49.9 Å². The van der Waals surface area contributed by atoms with Gasteiger partial charge in [-0.05, 0) is 84.8 Å². The van der Waals surface area contributed by atoms with Crippen LogP contribution >= 0.6 is 22.6 Å². The molecule has 0 unspecified atom stereocenters. The molecule has 0 radical (unpaired) electrons. The smallest absolute Gasteiger partial charge is 0.264 e. The molecule has 3 rings (SSSR count). The Bertz CT molecular complexity index is 1240. The van der Waals surface area contributed by atoms with Crippen molar-refractivity contribution in [2.24, 2.45) is 5.10 Å². The Kier molecular flexibility index (Phi) is 7.68. The number of nitrogens with zero attached hydrogens (tertiary/aromatic N) is 2. The van der Waals surface area contributed by atoms with Crippen LogP contribution in [0.25, 0.3) is 0 Å². The molecule has 1 N–H and O–H groups in total. The van der Waals surface area contributed by atoms with Gasteiger partial charge in [0.1, 0.15) is 6.54 Å². The van der Waals surface area contributed by atoms with Gasteiger partial charge < -0.3 is 0 Å². The number of hydrogen-bond donors (Lipinski definition) is 1. The molecule has 0 aromatic heterocycles. The molecule has 0 fully saturated rings. The third kappa shape index (κ3) is 5.74. The second-order valence-corrected chi connectivity index (χ2v) is 10.5. The molecule has 1 amide bonds. The number of rotatable bonds is 7. The highest BCUT2D eigenvalue weighted by molar-refractivity contribution is 14.1. The lowest BCUT2D eigenvalue weighted by Crippen LogP contribution is -2.40. The first-order chi connectivity index (χ1) is 15.2. The Hall–Kier alpha value is -2.72. The van der Waals surface area contributed by atoms with Gasteiger partial charge in [0.05, 0.1) is 16.3 Å². The van der Waals surface area contributed by atoms with Crippen LogP contribution in [0, 0.1) is 17.4 Å². The topological polar surface area (TPSA) is 78.8 Å². The van der Waals surface area contributed by atoms with Crippen molar-refractivity contribution in [2.75, 3.05) is 10.8 Å². The van der Waals surface area contributed by atoms with Gasteiger partial charge in [-0.15, -0.1) is 0 Å². The van der Waals surface area contributed by atoms with E-state index in [1.54, 1.807) is 43.3 Å². The standard InChI is InChI=1S/C24H24IN3O3S/c1-17-8-14-22(15-9-17)32(30,31)28(23-7-5-4-6-18(23)2)16-24(29)27-26-19(3)20-10-12-21(25)13-11-20/h4-15H,16H2,1-3H3,(H,27,29)/b26-19+. The molecule has 8 heteroatoms. The van der Waals surface area contributed by atoms with E-state index < -0.39 is 22.5 Å². The van der Waals surface area contributed by atoms with Gasteiger partial charge in [0.15, 0.2) is 0 Å². The number of benzene rings is 3. The highest BCUT2D eigenvalue weighted by atomic mass is 127. The van der Waals surface area contributed by atoms with E-state index in [1.165, 1.54) is 0 Å². The lowest BCUT2D eigenvalue weighted by atomic mass is 10.1. The van der Waals surface area contributed by atoms with Gasteiger partial charge in [-0.2, -0.15) is 5.10 Å². The number of halogens is 1. The molecule has 0 spiro atoms. The van der Waals surface area contributed by atoms with Crippen molar-refractivity contribution in [3.05, 3.63) is 93.1 Å². The molecule has 0 aliphatic carbocycles. The Morgan fingerprint density at radius 1 is 0.969 bits per heavy atom. The van der Waals surface area contributed by atoms with E-state index in [0.717, 1.165) is 24.6 Å². The zero-order valence-corrected chi connectivity index (χ0v) is 21.0. The Labute approximate surface area is 202 Å². The molecule has 3 aromatic carbocycles. The van der Waals surface area contributed by atoms with Crippen LogP contribution in [-0.4, -0.2) is 26.6 Å². The zero-order valence-electron chi connectivity index (χ0n) is 18.0. The highest BCUT2D eigenvalue weighted by Crippen LogP contribution is 2.26. The number of carbonyl (C=O) groups excluding carboxylic acids is 1. The lowest BCUT2D eigenvalue weighted by molar-refractivity contribution is -0.119. The molecular formula is C24H24IN3O3S. The molecule has 0 bridgehead atoms. The van der Waals surface area contributed by atoms with Crippen molar-refractivity contribution in [3.63, 3.8) is 0 Å². The fraction of sp³-hybridized carbons (Fsp3) is 0.167. The summed E-state index contributed by atoms with van der Waals surface area (Å²) < 4.78 is 29.1. The summed E-state index contributed by atoms with van der Waals surface area (Å²) in [5, 5.41) is 4.15. The van der Waals surface area contributed by atoms with Crippen molar-refractivity contribution < 1.29 is 13.2 Å². The Morgan fingerprint density at radius 2 is 1.59 bits per heavy atom. The van der Waals surface area contributed by atoms with Gasteiger partial charge in [0, 0.05) is 3.57 Å². The van der Waals surface area contributed by atoms with Crippen LogP contribution < -0.4 is 9.73 Å². The minimum absolute atomic E-state index is 0.123. The molecule has 0 aliphatic heterocycles. The van der Waals surface area contributed by atoms with Crippen LogP contribution in [0.1, 0.15) is 23.6 Å². The third-order valence-corrected chi connectivity index (χ3v) is 7.38. The summed E-state index contributed by atoms with van der Waals surface area (Å²) in [4.78, 5) is 12.9. The summed E-state index contributed by atoms with van der Waals surface area (Å²) in [6.07, 6.45) is 0. The van der Waals surface area contributed by atoms with Gasteiger partial charge in [0.2, 0.25) is 0 Å². The number of nitrogens with one attached hydrogen (secondary N) is 1. The van der Waals surface area contributed by atoms with Crippen LogP contribution in [0.2, 0.25) is 0 Å². The molecule has 6 nitrogen and oxygen atoms in total. The molecule has 0 atom stereocenters. The maximum atomic E-state index is 13.4. The van der Waals surface area contributed by atoms with Crippen LogP contribution in [0.4, 0.5) is 5.69 Å². The second-order valence-electron chi connectivity index (χ2n) is 7.35. The van der Waals surface area contributed by atoms with Crippen molar-refractivity contribution in [1.29, 1.82) is 0 Å². The Balaban J connectivity index is 1.88. The first kappa shape index (κ1) is 23.9. The third-order valence-electron chi connectivity index (χ3n) is 4.89. The number of aryl methyl sites for hydroxylation is 2. The molecule has 0 heterocycles. The molecule has 3 aromatic rings. The summed E-state index contributed by atoms with van der Waals surface area (Å²) in [7, 11) is -3.96. The molecule has 32 heavy (non-hydrogen) atoms. The monoisotopic (exact) mass is 561 g/mol. The highest BCUT2D eigenvalue weighted by Gasteiger charge is 2.28. The van der Waals surface area contributed by atoms with E-state index in [1.807, 2.05) is 50.2 Å². The number of anilines is 1. The van der Waals surface area contributed by atoms with Gasteiger partial charge in [-0.3, -0.25) is 9.10 Å².